The van der Waals surface area contributed by atoms with Crippen LogP contribution in [0.5, 0.6) is 5.75 Å². The van der Waals surface area contributed by atoms with Crippen molar-refractivity contribution in [3.63, 3.8) is 0 Å². The number of unbranched alkanes of at least 4 members (excludes halogenated alkanes) is 1. The van der Waals surface area contributed by atoms with Crippen LogP contribution in [0.4, 0.5) is 0 Å². The zero-order valence-corrected chi connectivity index (χ0v) is 19.7. The van der Waals surface area contributed by atoms with Gasteiger partial charge < -0.3 is 23.8 Å². The Labute approximate surface area is 191 Å². The van der Waals surface area contributed by atoms with Gasteiger partial charge in [-0.05, 0) is 44.0 Å². The molecule has 0 fully saturated rings. The number of ether oxygens (including phenoxy) is 2. The molecule has 0 saturated heterocycles. The number of hydrogen-bond donors (Lipinski definition) is 0. The number of aromatic nitrogens is 1. The van der Waals surface area contributed by atoms with Gasteiger partial charge in [0, 0.05) is 45.2 Å². The molecule has 0 unspecified atom stereocenters. The summed E-state index contributed by atoms with van der Waals surface area (Å²) in [4.78, 5) is 29.6. The van der Waals surface area contributed by atoms with Gasteiger partial charge in [-0.3, -0.25) is 9.59 Å². The minimum atomic E-state index is -0.201. The predicted octanol–water partition coefficient (Wildman–Crippen LogP) is 3.49. The van der Waals surface area contributed by atoms with Gasteiger partial charge in [0.05, 0.1) is 13.1 Å². The Morgan fingerprint density at radius 1 is 0.938 bits per heavy atom. The molecule has 0 aliphatic heterocycles. The number of nitrogens with zero attached hydrogens (tertiary/aromatic N) is 3. The lowest BCUT2D eigenvalue weighted by Gasteiger charge is -2.28. The van der Waals surface area contributed by atoms with Crippen LogP contribution in [0.25, 0.3) is 0 Å². The first-order valence-corrected chi connectivity index (χ1v) is 11.5. The summed E-state index contributed by atoms with van der Waals surface area (Å²) < 4.78 is 13.1. The van der Waals surface area contributed by atoms with Crippen LogP contribution in [0.15, 0.2) is 48.7 Å². The maximum atomic E-state index is 13.2. The van der Waals surface area contributed by atoms with E-state index in [1.54, 1.807) is 4.90 Å². The van der Waals surface area contributed by atoms with E-state index in [1.807, 2.05) is 72.1 Å². The molecule has 0 bridgehead atoms. The summed E-state index contributed by atoms with van der Waals surface area (Å²) >= 11 is 0. The maximum absolute atomic E-state index is 13.2. The van der Waals surface area contributed by atoms with E-state index in [2.05, 4.69) is 6.92 Å². The Morgan fingerprint density at radius 3 is 2.34 bits per heavy atom. The van der Waals surface area contributed by atoms with Crippen LogP contribution >= 0.6 is 0 Å². The number of aryl methyl sites for hydroxylation is 1. The van der Waals surface area contributed by atoms with E-state index in [1.165, 1.54) is 0 Å². The van der Waals surface area contributed by atoms with Crippen LogP contribution in [0.2, 0.25) is 0 Å². The van der Waals surface area contributed by atoms with Crippen LogP contribution in [-0.2, 0) is 27.9 Å². The lowest BCUT2D eigenvalue weighted by atomic mass is 10.2. The van der Waals surface area contributed by atoms with Crippen LogP contribution in [0.1, 0.15) is 38.8 Å². The van der Waals surface area contributed by atoms with Crippen molar-refractivity contribution in [2.75, 3.05) is 39.5 Å². The molecule has 176 valence electrons. The lowest BCUT2D eigenvalue weighted by Crippen LogP contribution is -2.45. The summed E-state index contributed by atoms with van der Waals surface area (Å²) in [6.45, 7) is 6.82. The molecule has 2 aromatic rings. The monoisotopic (exact) mass is 443 g/mol. The molecule has 7 nitrogen and oxygen atoms in total. The highest BCUT2D eigenvalue weighted by atomic mass is 16.5. The Balaban J connectivity index is 2.03. The Hall–Kier alpha value is -2.80. The molecule has 2 amide bonds. The number of carbonyl (C=O) groups excluding carboxylic acids is 2. The number of amides is 2. The molecule has 1 aromatic carbocycles. The smallest absolute Gasteiger partial charge is 0.260 e. The highest BCUT2D eigenvalue weighted by molar-refractivity contribution is 5.85. The Bertz CT molecular complexity index is 807. The molecule has 32 heavy (non-hydrogen) atoms. The van der Waals surface area contributed by atoms with Gasteiger partial charge in [0.2, 0.25) is 5.91 Å². The molecule has 0 aliphatic rings. The van der Waals surface area contributed by atoms with E-state index in [-0.39, 0.29) is 25.0 Å². The van der Waals surface area contributed by atoms with Crippen molar-refractivity contribution in [3.05, 3.63) is 54.4 Å². The van der Waals surface area contributed by atoms with E-state index in [9.17, 15) is 9.59 Å². The minimum absolute atomic E-state index is 0.0389. The quantitative estimate of drug-likeness (QED) is 0.395. The molecule has 2 rings (SSSR count). The molecule has 0 N–H and O–H groups in total. The van der Waals surface area contributed by atoms with Gasteiger partial charge in [-0.2, -0.15) is 0 Å². The zero-order chi connectivity index (χ0) is 23.2. The second kappa shape index (κ2) is 14.3. The molecule has 1 heterocycles. The lowest BCUT2D eigenvalue weighted by molar-refractivity contribution is -0.142. The average molecular weight is 444 g/mol. The summed E-state index contributed by atoms with van der Waals surface area (Å²) in [5.74, 6) is 0.381. The summed E-state index contributed by atoms with van der Waals surface area (Å²) in [5.41, 5.74) is 1.07. The van der Waals surface area contributed by atoms with Gasteiger partial charge in [-0.25, -0.2) is 0 Å². The largest absolute Gasteiger partial charge is 0.484 e. The number of hydrogen-bond acceptors (Lipinski definition) is 4. The van der Waals surface area contributed by atoms with E-state index >= 15 is 0 Å². The molecular formula is C25H37N3O4. The maximum Gasteiger partial charge on any atom is 0.260 e. The van der Waals surface area contributed by atoms with Crippen molar-refractivity contribution < 1.29 is 19.1 Å². The third kappa shape index (κ3) is 8.75. The van der Waals surface area contributed by atoms with E-state index < -0.39 is 0 Å². The van der Waals surface area contributed by atoms with E-state index in [0.29, 0.717) is 45.0 Å². The predicted molar refractivity (Wildman–Crippen MR) is 125 cm³/mol. The molecule has 0 atom stereocenters. The van der Waals surface area contributed by atoms with Crippen LogP contribution in [0, 0.1) is 0 Å². The second-order valence-electron chi connectivity index (χ2n) is 7.75. The first-order valence-electron chi connectivity index (χ1n) is 11.5. The van der Waals surface area contributed by atoms with Gasteiger partial charge in [-0.15, -0.1) is 0 Å². The van der Waals surface area contributed by atoms with Crippen molar-refractivity contribution in [1.29, 1.82) is 0 Å². The van der Waals surface area contributed by atoms with Crippen molar-refractivity contribution in [1.82, 2.24) is 14.4 Å². The number of rotatable bonds is 15. The normalized spacial score (nSPS) is 10.7. The van der Waals surface area contributed by atoms with Crippen LogP contribution in [-0.4, -0.2) is 65.6 Å². The Morgan fingerprint density at radius 2 is 1.69 bits per heavy atom. The van der Waals surface area contributed by atoms with Crippen molar-refractivity contribution in [2.24, 2.45) is 7.05 Å². The summed E-state index contributed by atoms with van der Waals surface area (Å²) in [6, 6.07) is 13.2. The SMILES string of the molecule is CCCCN(Cc1cccn1C)C(=O)CN(CCCOCC)C(=O)COc1ccccc1. The summed E-state index contributed by atoms with van der Waals surface area (Å²) in [6.07, 6.45) is 4.57. The van der Waals surface area contributed by atoms with E-state index in [4.69, 9.17) is 9.47 Å². The van der Waals surface area contributed by atoms with Gasteiger partial charge >= 0.3 is 0 Å². The van der Waals surface area contributed by atoms with Crippen LogP contribution < -0.4 is 4.74 Å². The second-order valence-corrected chi connectivity index (χ2v) is 7.75. The fraction of sp³-hybridized carbons (Fsp3) is 0.520. The Kier molecular flexibility index (Phi) is 11.4. The number of para-hydroxylation sites is 1. The molecule has 0 radical (unpaired) electrons. The van der Waals surface area contributed by atoms with Gasteiger partial charge in [0.15, 0.2) is 6.61 Å². The first kappa shape index (κ1) is 25.5. The molecule has 0 spiro atoms. The van der Waals surface area contributed by atoms with E-state index in [0.717, 1.165) is 18.5 Å². The summed E-state index contributed by atoms with van der Waals surface area (Å²) in [7, 11) is 1.97. The zero-order valence-electron chi connectivity index (χ0n) is 19.7. The highest BCUT2D eigenvalue weighted by Gasteiger charge is 2.22. The molecule has 7 heteroatoms. The van der Waals surface area contributed by atoms with Gasteiger partial charge in [0.1, 0.15) is 5.75 Å². The highest BCUT2D eigenvalue weighted by Crippen LogP contribution is 2.10. The van der Waals surface area contributed by atoms with Crippen molar-refractivity contribution >= 4 is 11.8 Å². The molecular weight excluding hydrogens is 406 g/mol. The number of carbonyl (C=O) groups is 2. The third-order valence-electron chi connectivity index (χ3n) is 5.24. The van der Waals surface area contributed by atoms with Crippen LogP contribution in [0.3, 0.4) is 0 Å². The van der Waals surface area contributed by atoms with Crippen molar-refractivity contribution in [2.45, 2.75) is 39.7 Å². The first-order chi connectivity index (χ1) is 15.5. The average Bonchev–Trinajstić information content (AvgIpc) is 3.21. The fourth-order valence-corrected chi connectivity index (χ4v) is 3.31. The van der Waals surface area contributed by atoms with Crippen molar-refractivity contribution in [3.8, 4) is 5.75 Å². The standard InChI is InChI=1S/C25H37N3O4/c1-4-6-16-27(19-22-12-10-15-26(22)3)24(29)20-28(17-11-18-31-5-2)25(30)21-32-23-13-8-7-9-14-23/h7-10,12-15H,4-6,11,16-21H2,1-3H3. The van der Waals surface area contributed by atoms with Gasteiger partial charge in [0.25, 0.3) is 5.91 Å². The molecule has 0 aliphatic carbocycles. The summed E-state index contributed by atoms with van der Waals surface area (Å²) in [5, 5.41) is 0. The fourth-order valence-electron chi connectivity index (χ4n) is 3.31. The topological polar surface area (TPSA) is 64.0 Å². The third-order valence-corrected chi connectivity index (χ3v) is 5.24. The van der Waals surface area contributed by atoms with Gasteiger partial charge in [-0.1, -0.05) is 31.5 Å². The number of benzene rings is 1. The molecule has 0 saturated carbocycles. The molecule has 1 aromatic heterocycles. The minimum Gasteiger partial charge on any atom is -0.484 e.